The van der Waals surface area contributed by atoms with Gasteiger partial charge < -0.3 is 24.8 Å². The predicted molar refractivity (Wildman–Crippen MR) is 141 cm³/mol. The molecule has 39 heavy (non-hydrogen) atoms. The Kier molecular flexibility index (Phi) is 6.55. The molecule has 1 heterocycles. The lowest BCUT2D eigenvalue weighted by Gasteiger charge is -2.36. The van der Waals surface area contributed by atoms with Crippen LogP contribution >= 0.6 is 0 Å². The molecular formula is C31H32FNO6. The first-order chi connectivity index (χ1) is 18.7. The molecule has 204 valence electrons. The Morgan fingerprint density at radius 1 is 1.13 bits per heavy atom. The molecule has 0 radical (unpaired) electrons. The summed E-state index contributed by atoms with van der Waals surface area (Å²) in [5.41, 5.74) is 3.66. The van der Waals surface area contributed by atoms with E-state index in [1.807, 2.05) is 31.2 Å². The molecule has 0 spiro atoms. The Hall–Kier alpha value is -3.49. The molecule has 6 rings (SSSR count). The average molecular weight is 534 g/mol. The third kappa shape index (κ3) is 4.87. The highest BCUT2D eigenvalue weighted by molar-refractivity contribution is 5.78. The summed E-state index contributed by atoms with van der Waals surface area (Å²) in [5.74, 6) is -0.0762. The van der Waals surface area contributed by atoms with Crippen molar-refractivity contribution in [3.05, 3.63) is 76.7 Å². The quantitative estimate of drug-likeness (QED) is 0.382. The van der Waals surface area contributed by atoms with E-state index in [-0.39, 0.29) is 36.8 Å². The zero-order valence-electron chi connectivity index (χ0n) is 21.8. The molecule has 0 saturated heterocycles. The van der Waals surface area contributed by atoms with Gasteiger partial charge in [-0.2, -0.15) is 0 Å². The lowest BCUT2D eigenvalue weighted by molar-refractivity contribution is -0.139. The summed E-state index contributed by atoms with van der Waals surface area (Å²) in [5, 5.41) is 30.2. The van der Waals surface area contributed by atoms with Crippen LogP contribution in [-0.2, 0) is 17.8 Å². The van der Waals surface area contributed by atoms with E-state index in [0.717, 1.165) is 41.5 Å². The number of ether oxygens (including phenoxy) is 2. The van der Waals surface area contributed by atoms with E-state index in [1.165, 1.54) is 6.07 Å². The average Bonchev–Trinajstić information content (AvgIpc) is 3.51. The van der Waals surface area contributed by atoms with Crippen molar-refractivity contribution in [1.82, 2.24) is 4.98 Å². The second-order valence-electron chi connectivity index (χ2n) is 11.1. The van der Waals surface area contributed by atoms with Crippen LogP contribution in [-0.4, -0.2) is 44.6 Å². The Morgan fingerprint density at radius 2 is 1.97 bits per heavy atom. The van der Waals surface area contributed by atoms with Gasteiger partial charge in [0.25, 0.3) is 0 Å². The molecule has 7 nitrogen and oxygen atoms in total. The number of carboxylic acids is 1. The van der Waals surface area contributed by atoms with Crippen LogP contribution in [0.25, 0.3) is 11.1 Å². The van der Waals surface area contributed by atoms with Gasteiger partial charge in [0.2, 0.25) is 5.88 Å². The van der Waals surface area contributed by atoms with Crippen LogP contribution in [0.3, 0.4) is 0 Å². The van der Waals surface area contributed by atoms with Gasteiger partial charge in [0.15, 0.2) is 0 Å². The normalized spacial score (nSPS) is 27.0. The van der Waals surface area contributed by atoms with Crippen molar-refractivity contribution >= 4 is 5.97 Å². The second kappa shape index (κ2) is 9.92. The van der Waals surface area contributed by atoms with Gasteiger partial charge in [0.1, 0.15) is 30.4 Å². The number of fused-ring (bicyclic) bond motifs is 3. The van der Waals surface area contributed by atoms with E-state index in [0.29, 0.717) is 35.7 Å². The summed E-state index contributed by atoms with van der Waals surface area (Å²) < 4.78 is 26.4. The van der Waals surface area contributed by atoms with Gasteiger partial charge in [0.05, 0.1) is 12.0 Å². The van der Waals surface area contributed by atoms with Gasteiger partial charge in [-0.3, -0.25) is 4.79 Å². The largest absolute Gasteiger partial charge is 0.489 e. The van der Waals surface area contributed by atoms with E-state index in [9.17, 15) is 24.5 Å². The summed E-state index contributed by atoms with van der Waals surface area (Å²) in [4.78, 5) is 15.9. The van der Waals surface area contributed by atoms with Crippen molar-refractivity contribution in [3.8, 4) is 22.8 Å². The highest BCUT2D eigenvalue weighted by Crippen LogP contribution is 2.61. The fourth-order valence-electron chi connectivity index (χ4n) is 6.33. The minimum absolute atomic E-state index is 0.0257. The van der Waals surface area contributed by atoms with Crippen LogP contribution in [0.5, 0.6) is 11.6 Å². The first-order valence-corrected chi connectivity index (χ1v) is 13.5. The fraction of sp³-hybridized carbons (Fsp3) is 0.419. The van der Waals surface area contributed by atoms with Gasteiger partial charge >= 0.3 is 5.97 Å². The molecule has 5 atom stereocenters. The number of aromatic nitrogens is 1. The Labute approximate surface area is 226 Å². The zero-order valence-corrected chi connectivity index (χ0v) is 21.8. The number of aliphatic hydroxyl groups is 2. The number of aliphatic hydroxyl groups excluding tert-OH is 1. The number of pyridine rings is 1. The topological polar surface area (TPSA) is 109 Å². The van der Waals surface area contributed by atoms with Crippen molar-refractivity contribution < 1.29 is 34.0 Å². The van der Waals surface area contributed by atoms with E-state index in [2.05, 4.69) is 4.98 Å². The van der Waals surface area contributed by atoms with Crippen LogP contribution < -0.4 is 9.47 Å². The third-order valence-electron chi connectivity index (χ3n) is 8.62. The number of benzene rings is 2. The van der Waals surface area contributed by atoms with Gasteiger partial charge in [-0.1, -0.05) is 25.0 Å². The summed E-state index contributed by atoms with van der Waals surface area (Å²) in [6, 6.07) is 14.1. The maximum atomic E-state index is 14.7. The lowest BCUT2D eigenvalue weighted by Crippen LogP contribution is -2.49. The van der Waals surface area contributed by atoms with Crippen molar-refractivity contribution in [3.63, 3.8) is 0 Å². The molecule has 2 aromatic carbocycles. The van der Waals surface area contributed by atoms with Crippen LogP contribution in [0.1, 0.15) is 54.0 Å². The van der Waals surface area contributed by atoms with E-state index in [4.69, 9.17) is 9.47 Å². The van der Waals surface area contributed by atoms with Crippen LogP contribution in [0.4, 0.5) is 4.39 Å². The maximum Gasteiger partial charge on any atom is 0.307 e. The van der Waals surface area contributed by atoms with E-state index < -0.39 is 17.7 Å². The number of carboxylic acid groups (broad SMARTS) is 1. The summed E-state index contributed by atoms with van der Waals surface area (Å²) in [7, 11) is 0. The van der Waals surface area contributed by atoms with E-state index in [1.54, 1.807) is 18.2 Å². The number of rotatable bonds is 8. The third-order valence-corrected chi connectivity index (χ3v) is 8.62. The Bertz CT molecular complexity index is 1430. The number of hydrogen-bond acceptors (Lipinski definition) is 6. The molecule has 3 aliphatic rings. The highest BCUT2D eigenvalue weighted by atomic mass is 19.1. The van der Waals surface area contributed by atoms with Gasteiger partial charge in [-0.15, -0.1) is 0 Å². The molecule has 2 fully saturated rings. The standard InChI is InChI=1S/C31H32FNO6/c1-17-22(8-10-27(33-17)39-16-31(37)11-3-2-4-26(31)34)18-5-9-25(32)20(12-18)15-38-21-6-7-23-19(13-21)14-24-28(23)29(24)30(35)36/h5-10,12-13,24,26,28-29,34,37H,2-4,11,14-16H2,1H3,(H,35,36)/t24-,26?,28+,29+,31?/m1/s1. The summed E-state index contributed by atoms with van der Waals surface area (Å²) >= 11 is 0. The van der Waals surface area contributed by atoms with Gasteiger partial charge in [-0.05, 0) is 79.1 Å². The Balaban J connectivity index is 1.12. The van der Waals surface area contributed by atoms with Crippen LogP contribution in [0.15, 0.2) is 48.5 Å². The number of aliphatic carboxylic acids is 1. The van der Waals surface area contributed by atoms with Crippen LogP contribution in [0.2, 0.25) is 0 Å². The molecule has 8 heteroatoms. The smallest absolute Gasteiger partial charge is 0.307 e. The second-order valence-corrected chi connectivity index (χ2v) is 11.1. The zero-order chi connectivity index (χ0) is 27.3. The minimum Gasteiger partial charge on any atom is -0.489 e. The molecule has 3 aliphatic carbocycles. The Morgan fingerprint density at radius 3 is 2.74 bits per heavy atom. The highest BCUT2D eigenvalue weighted by Gasteiger charge is 2.59. The van der Waals surface area contributed by atoms with Gasteiger partial charge in [0, 0.05) is 28.8 Å². The van der Waals surface area contributed by atoms with E-state index >= 15 is 0 Å². The predicted octanol–water partition coefficient (Wildman–Crippen LogP) is 4.79. The minimum atomic E-state index is -1.27. The van der Waals surface area contributed by atoms with Crippen molar-refractivity contribution in [2.24, 2.45) is 11.8 Å². The summed E-state index contributed by atoms with van der Waals surface area (Å²) in [6.45, 7) is 1.87. The molecule has 0 aliphatic heterocycles. The molecule has 3 aromatic rings. The number of hydrogen-bond donors (Lipinski definition) is 3. The SMILES string of the molecule is Cc1nc(OCC2(O)CCCCC2O)ccc1-c1ccc(F)c(COc2ccc3c(c2)C[C@H]2[C@H](C(=O)O)[C@@H]32)c1. The van der Waals surface area contributed by atoms with Crippen molar-refractivity contribution in [2.75, 3.05) is 6.61 Å². The summed E-state index contributed by atoms with van der Waals surface area (Å²) in [6.07, 6.45) is 2.72. The lowest BCUT2D eigenvalue weighted by atomic mass is 9.83. The maximum absolute atomic E-state index is 14.7. The van der Waals surface area contributed by atoms with Crippen LogP contribution in [0, 0.1) is 24.6 Å². The fourth-order valence-corrected chi connectivity index (χ4v) is 6.33. The molecule has 3 N–H and O–H groups in total. The molecular weight excluding hydrogens is 501 g/mol. The molecule has 1 aromatic heterocycles. The molecule has 0 amide bonds. The number of aryl methyl sites for hydroxylation is 1. The number of carbonyl (C=O) groups is 1. The first kappa shape index (κ1) is 25.8. The van der Waals surface area contributed by atoms with Crippen molar-refractivity contribution in [1.29, 1.82) is 0 Å². The van der Waals surface area contributed by atoms with Crippen molar-refractivity contribution in [2.45, 2.75) is 63.3 Å². The van der Waals surface area contributed by atoms with Gasteiger partial charge in [-0.25, -0.2) is 9.37 Å². The first-order valence-electron chi connectivity index (χ1n) is 13.5. The monoisotopic (exact) mass is 533 g/mol. The molecule has 2 saturated carbocycles. The molecule has 2 unspecified atom stereocenters. The number of halogens is 1. The number of nitrogens with zero attached hydrogens (tertiary/aromatic N) is 1. The molecule has 0 bridgehead atoms.